The molecule has 5 heteroatoms. The smallest absolute Gasteiger partial charge is 0.174 e. The molecular weight excluding hydrogens is 275 g/mol. The van der Waals surface area contributed by atoms with Crippen LogP contribution in [0.4, 0.5) is 15.1 Å². The molecule has 0 aliphatic heterocycles. The van der Waals surface area contributed by atoms with Crippen molar-refractivity contribution in [3.8, 4) is 0 Å². The molecule has 0 spiro atoms. The summed E-state index contributed by atoms with van der Waals surface area (Å²) in [6, 6.07) is 8.28. The van der Waals surface area contributed by atoms with E-state index >= 15 is 0 Å². The predicted octanol–water partition coefficient (Wildman–Crippen LogP) is 3.70. The maximum Gasteiger partial charge on any atom is 0.174 e. The van der Waals surface area contributed by atoms with Crippen molar-refractivity contribution in [3.63, 3.8) is 0 Å². The van der Waals surface area contributed by atoms with Gasteiger partial charge in [-0.25, -0.2) is 4.39 Å². The molecule has 0 aliphatic carbocycles. The Kier molecular flexibility index (Phi) is 4.39. The zero-order valence-electron chi connectivity index (χ0n) is 11.5. The van der Waals surface area contributed by atoms with Gasteiger partial charge in [-0.15, -0.1) is 11.3 Å². The molecule has 0 aliphatic rings. The summed E-state index contributed by atoms with van der Waals surface area (Å²) >= 11 is 1.38. The molecule has 0 bridgehead atoms. The number of carbonyl (C=O) groups is 1. The lowest BCUT2D eigenvalue weighted by Gasteiger charge is -2.16. The first-order valence-corrected chi connectivity index (χ1v) is 7.21. The third kappa shape index (κ3) is 3.17. The molecule has 0 atom stereocenters. The SMILES string of the molecule is CCC(=O)c1sc(N(C)Cc2cccc(F)c2)cc1N. The van der Waals surface area contributed by atoms with Gasteiger partial charge in [-0.3, -0.25) is 4.79 Å². The largest absolute Gasteiger partial charge is 0.397 e. The Morgan fingerprint density at radius 1 is 1.40 bits per heavy atom. The maximum atomic E-state index is 13.2. The van der Waals surface area contributed by atoms with Crippen LogP contribution in [-0.2, 0) is 6.54 Å². The van der Waals surface area contributed by atoms with Gasteiger partial charge in [-0.2, -0.15) is 0 Å². The Labute approximate surface area is 121 Å². The number of rotatable bonds is 5. The second kappa shape index (κ2) is 6.05. The molecule has 20 heavy (non-hydrogen) atoms. The number of nitrogen functional groups attached to an aromatic ring is 1. The lowest BCUT2D eigenvalue weighted by atomic mass is 10.2. The van der Waals surface area contributed by atoms with Gasteiger partial charge in [0.1, 0.15) is 5.82 Å². The van der Waals surface area contributed by atoms with Crippen LogP contribution in [0.1, 0.15) is 28.6 Å². The van der Waals surface area contributed by atoms with E-state index in [1.807, 2.05) is 24.9 Å². The average Bonchev–Trinajstić information content (AvgIpc) is 2.80. The fourth-order valence-electron chi connectivity index (χ4n) is 1.95. The molecule has 0 unspecified atom stereocenters. The van der Waals surface area contributed by atoms with E-state index in [4.69, 9.17) is 5.73 Å². The predicted molar refractivity (Wildman–Crippen MR) is 81.9 cm³/mol. The fourth-order valence-corrected chi connectivity index (χ4v) is 3.00. The maximum absolute atomic E-state index is 13.2. The minimum atomic E-state index is -0.247. The van der Waals surface area contributed by atoms with E-state index in [1.54, 1.807) is 12.1 Å². The molecule has 3 nitrogen and oxygen atoms in total. The zero-order valence-corrected chi connectivity index (χ0v) is 12.3. The Bertz CT molecular complexity index is 624. The molecule has 2 aromatic rings. The summed E-state index contributed by atoms with van der Waals surface area (Å²) in [6.45, 7) is 2.38. The van der Waals surface area contributed by atoms with E-state index in [0.717, 1.165) is 10.6 Å². The molecule has 2 N–H and O–H groups in total. The third-order valence-corrected chi connectivity index (χ3v) is 4.31. The number of nitrogens with zero attached hydrogens (tertiary/aromatic N) is 1. The summed E-state index contributed by atoms with van der Waals surface area (Å²) in [6.07, 6.45) is 0.442. The van der Waals surface area contributed by atoms with E-state index in [0.29, 0.717) is 23.5 Å². The van der Waals surface area contributed by atoms with Crippen LogP contribution in [0.2, 0.25) is 0 Å². The Balaban J connectivity index is 2.17. The molecular formula is C15H17FN2OS. The first-order valence-electron chi connectivity index (χ1n) is 6.39. The van der Waals surface area contributed by atoms with Gasteiger partial charge in [-0.05, 0) is 23.8 Å². The van der Waals surface area contributed by atoms with Crippen molar-refractivity contribution in [2.45, 2.75) is 19.9 Å². The van der Waals surface area contributed by atoms with Crippen molar-refractivity contribution in [2.24, 2.45) is 0 Å². The van der Waals surface area contributed by atoms with Gasteiger partial charge in [0.05, 0.1) is 15.6 Å². The van der Waals surface area contributed by atoms with Crippen molar-refractivity contribution in [3.05, 3.63) is 46.6 Å². The number of nitrogens with two attached hydrogens (primary N) is 1. The minimum Gasteiger partial charge on any atom is -0.397 e. The number of halogens is 1. The topological polar surface area (TPSA) is 46.3 Å². The molecule has 0 radical (unpaired) electrons. The summed E-state index contributed by atoms with van der Waals surface area (Å²) in [5.41, 5.74) is 7.27. The van der Waals surface area contributed by atoms with Crippen LogP contribution >= 0.6 is 11.3 Å². The van der Waals surface area contributed by atoms with Gasteiger partial charge in [0, 0.05) is 20.0 Å². The highest BCUT2D eigenvalue weighted by Gasteiger charge is 2.15. The second-order valence-electron chi connectivity index (χ2n) is 4.63. The number of thiophene rings is 1. The van der Waals surface area contributed by atoms with E-state index in [1.165, 1.54) is 23.5 Å². The van der Waals surface area contributed by atoms with Crippen LogP contribution in [-0.4, -0.2) is 12.8 Å². The summed E-state index contributed by atoms with van der Waals surface area (Å²) in [7, 11) is 1.90. The normalized spacial score (nSPS) is 10.6. The first kappa shape index (κ1) is 14.5. The molecule has 2 rings (SSSR count). The lowest BCUT2D eigenvalue weighted by Crippen LogP contribution is -2.15. The molecule has 0 saturated carbocycles. The van der Waals surface area contributed by atoms with Gasteiger partial charge >= 0.3 is 0 Å². The van der Waals surface area contributed by atoms with Crippen molar-refractivity contribution in [1.29, 1.82) is 0 Å². The Morgan fingerprint density at radius 2 is 2.15 bits per heavy atom. The van der Waals surface area contributed by atoms with E-state index in [2.05, 4.69) is 0 Å². The molecule has 106 valence electrons. The molecule has 1 heterocycles. The number of Topliss-reactive ketones (excluding diaryl/α,β-unsaturated/α-hetero) is 1. The number of anilines is 2. The highest BCUT2D eigenvalue weighted by atomic mass is 32.1. The van der Waals surface area contributed by atoms with E-state index in [-0.39, 0.29) is 11.6 Å². The van der Waals surface area contributed by atoms with Crippen LogP contribution in [0, 0.1) is 5.82 Å². The fraction of sp³-hybridized carbons (Fsp3) is 0.267. The average molecular weight is 292 g/mol. The van der Waals surface area contributed by atoms with Gasteiger partial charge in [0.25, 0.3) is 0 Å². The molecule has 0 fully saturated rings. The van der Waals surface area contributed by atoms with Gasteiger partial charge in [0.15, 0.2) is 5.78 Å². The van der Waals surface area contributed by atoms with Gasteiger partial charge in [-0.1, -0.05) is 19.1 Å². The summed E-state index contributed by atoms with van der Waals surface area (Å²) < 4.78 is 13.2. The van der Waals surface area contributed by atoms with Crippen molar-refractivity contribution >= 4 is 27.8 Å². The quantitative estimate of drug-likeness (QED) is 0.855. The van der Waals surface area contributed by atoms with Crippen molar-refractivity contribution < 1.29 is 9.18 Å². The molecule has 0 saturated heterocycles. The monoisotopic (exact) mass is 292 g/mol. The van der Waals surface area contributed by atoms with Crippen molar-refractivity contribution in [1.82, 2.24) is 0 Å². The third-order valence-electron chi connectivity index (χ3n) is 3.01. The minimum absolute atomic E-state index is 0.0536. The first-order chi connectivity index (χ1) is 9.51. The van der Waals surface area contributed by atoms with Crippen LogP contribution < -0.4 is 10.6 Å². The molecule has 1 aromatic carbocycles. The van der Waals surface area contributed by atoms with Crippen LogP contribution in [0.15, 0.2) is 30.3 Å². The van der Waals surface area contributed by atoms with E-state index < -0.39 is 0 Å². The summed E-state index contributed by atoms with van der Waals surface area (Å²) in [5.74, 6) is -0.193. The van der Waals surface area contributed by atoms with Gasteiger partial charge < -0.3 is 10.6 Å². The highest BCUT2D eigenvalue weighted by molar-refractivity contribution is 7.18. The van der Waals surface area contributed by atoms with Crippen molar-refractivity contribution in [2.75, 3.05) is 17.7 Å². The van der Waals surface area contributed by atoms with Crippen LogP contribution in [0.25, 0.3) is 0 Å². The number of benzene rings is 1. The van der Waals surface area contributed by atoms with Crippen LogP contribution in [0.5, 0.6) is 0 Å². The lowest BCUT2D eigenvalue weighted by molar-refractivity contribution is 0.0993. The van der Waals surface area contributed by atoms with E-state index in [9.17, 15) is 9.18 Å². The second-order valence-corrected chi connectivity index (χ2v) is 5.66. The standard InChI is InChI=1S/C15H17FN2OS/c1-3-13(19)15-12(17)8-14(20-15)18(2)9-10-5-4-6-11(16)7-10/h4-8H,3,9,17H2,1-2H3. The molecule has 1 aromatic heterocycles. The zero-order chi connectivity index (χ0) is 14.7. The number of hydrogen-bond donors (Lipinski definition) is 1. The Morgan fingerprint density at radius 3 is 2.80 bits per heavy atom. The highest BCUT2D eigenvalue weighted by Crippen LogP contribution is 2.33. The Hall–Kier alpha value is -1.88. The molecule has 0 amide bonds. The number of carbonyl (C=O) groups excluding carboxylic acids is 1. The number of ketones is 1. The van der Waals surface area contributed by atoms with Crippen LogP contribution in [0.3, 0.4) is 0 Å². The number of hydrogen-bond acceptors (Lipinski definition) is 4. The summed E-state index contributed by atoms with van der Waals surface area (Å²) in [4.78, 5) is 14.3. The summed E-state index contributed by atoms with van der Waals surface area (Å²) in [5, 5.41) is 0.906. The van der Waals surface area contributed by atoms with Gasteiger partial charge in [0.2, 0.25) is 0 Å².